The number of ether oxygens (including phenoxy) is 1. The highest BCUT2D eigenvalue weighted by atomic mass is 28.4. The molecule has 1 aromatic rings. The molecule has 1 unspecified atom stereocenters. The van der Waals surface area contributed by atoms with Crippen molar-refractivity contribution < 1.29 is 22.8 Å². The standard InChI is InChI=1S/C51H96O5Si3/c1-36(2)57(37(3)4,38(5)6)54-46(32-31-45-27-23-22-24-28-45)33-34-48-47(29-25-20-21-26-30-51(52)53-19)49(55-58(39(7)8,40(9)10)41(11)12)35-50(48)56-59(42(13)14,43(15)16)44(17)18/h20,22-25,27-28,36-44,46-50H,21,26,29-35H2,1-19H3/b25-20-/t46?,47-,48-,49+,50-/m1/s1. The van der Waals surface area contributed by atoms with Gasteiger partial charge in [0.2, 0.25) is 25.0 Å². The van der Waals surface area contributed by atoms with Gasteiger partial charge < -0.3 is 18.0 Å². The van der Waals surface area contributed by atoms with Gasteiger partial charge in [-0.2, -0.15) is 0 Å². The van der Waals surface area contributed by atoms with E-state index in [1.807, 2.05) is 0 Å². The van der Waals surface area contributed by atoms with Crippen LogP contribution in [0.4, 0.5) is 0 Å². The van der Waals surface area contributed by atoms with Gasteiger partial charge in [-0.05, 0) is 119 Å². The molecule has 0 amide bonds. The lowest BCUT2D eigenvalue weighted by Gasteiger charge is -2.46. The molecule has 342 valence electrons. The number of carbonyl (C=O) groups excluding carboxylic acids is 1. The molecule has 0 spiro atoms. The third-order valence-corrected chi connectivity index (χ3v) is 33.6. The topological polar surface area (TPSA) is 54.0 Å². The van der Waals surface area contributed by atoms with Crippen molar-refractivity contribution >= 4 is 30.9 Å². The predicted octanol–water partition coefficient (Wildman–Crippen LogP) is 16.0. The highest BCUT2D eigenvalue weighted by molar-refractivity contribution is 6.78. The lowest BCUT2D eigenvalue weighted by Crippen LogP contribution is -2.51. The second kappa shape index (κ2) is 24.7. The highest BCUT2D eigenvalue weighted by Gasteiger charge is 2.55. The zero-order chi connectivity index (χ0) is 44.9. The van der Waals surface area contributed by atoms with Crippen molar-refractivity contribution in [3.05, 3.63) is 48.0 Å². The SMILES string of the molecule is COC(=O)CCC/C=C\C[C@@H]1[C@@H](CCC(CCc2ccccc2)O[Si](C(C)C)(C(C)C)C(C)C)[C@H](O[Si](C(C)C)(C(C)C)C(C)C)C[C@@H]1O[Si](C(C)C)(C(C)C)C(C)C. The summed E-state index contributed by atoms with van der Waals surface area (Å²) in [6.07, 6.45) is 13.6. The van der Waals surface area contributed by atoms with E-state index in [9.17, 15) is 4.79 Å². The van der Waals surface area contributed by atoms with E-state index in [0.717, 1.165) is 51.4 Å². The van der Waals surface area contributed by atoms with Gasteiger partial charge in [-0.25, -0.2) is 0 Å². The van der Waals surface area contributed by atoms with Gasteiger partial charge in [0.25, 0.3) is 0 Å². The summed E-state index contributed by atoms with van der Waals surface area (Å²) in [5.41, 5.74) is 6.11. The Kier molecular flexibility index (Phi) is 22.7. The van der Waals surface area contributed by atoms with Gasteiger partial charge in [0.05, 0.1) is 19.3 Å². The lowest BCUT2D eigenvalue weighted by molar-refractivity contribution is -0.140. The largest absolute Gasteiger partial charge is 0.469 e. The van der Waals surface area contributed by atoms with Gasteiger partial charge in [-0.1, -0.05) is 167 Å². The molecule has 0 aromatic heterocycles. The Morgan fingerprint density at radius 3 is 1.47 bits per heavy atom. The molecule has 1 aliphatic rings. The van der Waals surface area contributed by atoms with Gasteiger partial charge >= 0.3 is 5.97 Å². The van der Waals surface area contributed by atoms with E-state index < -0.39 is 25.0 Å². The second-order valence-corrected chi connectivity index (χ2v) is 37.6. The summed E-state index contributed by atoms with van der Waals surface area (Å²) in [6, 6.07) is 11.1. The zero-order valence-electron chi connectivity index (χ0n) is 42.0. The quantitative estimate of drug-likeness (QED) is 0.0381. The molecule has 0 saturated heterocycles. The minimum atomic E-state index is -2.21. The molecule has 1 fully saturated rings. The first-order valence-corrected chi connectivity index (χ1v) is 30.8. The number of unbranched alkanes of at least 4 members (excludes halogenated alkanes) is 1. The summed E-state index contributed by atoms with van der Waals surface area (Å²) in [5.74, 6) is 0.601. The Morgan fingerprint density at radius 1 is 0.610 bits per heavy atom. The van der Waals surface area contributed by atoms with Crippen molar-refractivity contribution in [1.29, 1.82) is 0 Å². The summed E-state index contributed by atoms with van der Waals surface area (Å²) in [5, 5.41) is 0. The first-order chi connectivity index (χ1) is 27.6. The Labute approximate surface area is 369 Å². The normalized spacial score (nSPS) is 20.4. The van der Waals surface area contributed by atoms with E-state index in [1.165, 1.54) is 12.7 Å². The Hall–Kier alpha value is -1.04. The number of esters is 1. The molecule has 0 radical (unpaired) electrons. The van der Waals surface area contributed by atoms with E-state index in [2.05, 4.69) is 167 Å². The second-order valence-electron chi connectivity index (χ2n) is 21.3. The van der Waals surface area contributed by atoms with Gasteiger partial charge in [0, 0.05) is 12.5 Å². The monoisotopic (exact) mass is 873 g/mol. The number of allylic oxidation sites excluding steroid dienone is 2. The van der Waals surface area contributed by atoms with E-state index in [-0.39, 0.29) is 24.3 Å². The molecule has 5 atom stereocenters. The van der Waals surface area contributed by atoms with E-state index in [4.69, 9.17) is 18.0 Å². The number of hydrogen-bond acceptors (Lipinski definition) is 5. The maximum atomic E-state index is 11.9. The fourth-order valence-corrected chi connectivity index (χ4v) is 29.5. The molecule has 8 heteroatoms. The fourth-order valence-electron chi connectivity index (χ4n) is 12.6. The Bertz CT molecular complexity index is 1290. The molecule has 0 bridgehead atoms. The van der Waals surface area contributed by atoms with Crippen molar-refractivity contribution in [2.75, 3.05) is 7.11 Å². The maximum Gasteiger partial charge on any atom is 0.305 e. The van der Waals surface area contributed by atoms with Crippen molar-refractivity contribution in [2.24, 2.45) is 11.8 Å². The van der Waals surface area contributed by atoms with Crippen LogP contribution in [-0.2, 0) is 29.2 Å². The van der Waals surface area contributed by atoms with Gasteiger partial charge in [0.1, 0.15) is 0 Å². The minimum Gasteiger partial charge on any atom is -0.469 e. The number of methoxy groups -OCH3 is 1. The van der Waals surface area contributed by atoms with Crippen LogP contribution in [0.15, 0.2) is 42.5 Å². The van der Waals surface area contributed by atoms with Crippen LogP contribution in [0.1, 0.15) is 182 Å². The molecule has 0 heterocycles. The predicted molar refractivity (Wildman–Crippen MR) is 263 cm³/mol. The van der Waals surface area contributed by atoms with Crippen molar-refractivity contribution in [2.45, 2.75) is 251 Å². The van der Waals surface area contributed by atoms with E-state index >= 15 is 0 Å². The van der Waals surface area contributed by atoms with Crippen LogP contribution >= 0.6 is 0 Å². The van der Waals surface area contributed by atoms with Crippen LogP contribution in [0.3, 0.4) is 0 Å². The van der Waals surface area contributed by atoms with Crippen molar-refractivity contribution in [1.82, 2.24) is 0 Å². The molecule has 1 aliphatic carbocycles. The average Bonchev–Trinajstić information content (AvgIpc) is 3.47. The third-order valence-electron chi connectivity index (χ3n) is 15.1. The Balaban J connectivity index is 2.78. The lowest BCUT2D eigenvalue weighted by atomic mass is 9.85. The van der Waals surface area contributed by atoms with Gasteiger partial charge in [-0.15, -0.1) is 0 Å². The molecule has 1 aromatic carbocycles. The molecular formula is C51H96O5Si3. The minimum absolute atomic E-state index is 0.128. The molecule has 0 N–H and O–H groups in total. The van der Waals surface area contributed by atoms with Crippen LogP contribution in [0.25, 0.3) is 0 Å². The van der Waals surface area contributed by atoms with Crippen LogP contribution in [0.5, 0.6) is 0 Å². The third kappa shape index (κ3) is 13.5. The molecule has 5 nitrogen and oxygen atoms in total. The molecule has 59 heavy (non-hydrogen) atoms. The van der Waals surface area contributed by atoms with Gasteiger partial charge in [0.15, 0.2) is 0 Å². The van der Waals surface area contributed by atoms with Crippen LogP contribution < -0.4 is 0 Å². The smallest absolute Gasteiger partial charge is 0.305 e. The van der Waals surface area contributed by atoms with Crippen LogP contribution in [0, 0.1) is 11.8 Å². The molecular weight excluding hydrogens is 777 g/mol. The average molecular weight is 874 g/mol. The number of hydrogen-bond donors (Lipinski definition) is 0. The van der Waals surface area contributed by atoms with E-state index in [1.54, 1.807) is 0 Å². The summed E-state index contributed by atoms with van der Waals surface area (Å²) < 4.78 is 28.6. The number of carbonyl (C=O) groups is 1. The fraction of sp³-hybridized carbons (Fsp3) is 0.824. The molecule has 0 aliphatic heterocycles. The summed E-state index contributed by atoms with van der Waals surface area (Å²) in [4.78, 5) is 11.9. The van der Waals surface area contributed by atoms with Crippen molar-refractivity contribution in [3.63, 3.8) is 0 Å². The first-order valence-electron chi connectivity index (χ1n) is 24.3. The number of benzene rings is 1. The summed E-state index contributed by atoms with van der Waals surface area (Å²) >= 11 is 0. The highest BCUT2D eigenvalue weighted by Crippen LogP contribution is 2.53. The maximum absolute atomic E-state index is 11.9. The first kappa shape index (κ1) is 54.1. The molecule has 1 saturated carbocycles. The van der Waals surface area contributed by atoms with E-state index in [0.29, 0.717) is 68.1 Å². The Morgan fingerprint density at radius 2 is 1.05 bits per heavy atom. The van der Waals surface area contributed by atoms with Gasteiger partial charge in [-0.3, -0.25) is 4.79 Å². The van der Waals surface area contributed by atoms with Crippen LogP contribution in [-0.4, -0.2) is 56.3 Å². The molecule has 2 rings (SSSR count). The summed E-state index contributed by atoms with van der Waals surface area (Å²) in [7, 11) is -5.06. The zero-order valence-corrected chi connectivity index (χ0v) is 45.0. The number of rotatable bonds is 27. The summed E-state index contributed by atoms with van der Waals surface area (Å²) in [6.45, 7) is 43.8. The van der Waals surface area contributed by atoms with Crippen LogP contribution in [0.2, 0.25) is 49.9 Å². The number of aryl methyl sites for hydroxylation is 1. The van der Waals surface area contributed by atoms with Crippen molar-refractivity contribution in [3.8, 4) is 0 Å².